The maximum absolute atomic E-state index is 11.6. The monoisotopic (exact) mass is 546 g/mol. The Bertz CT molecular complexity index is 1310. The van der Waals surface area contributed by atoms with E-state index in [-0.39, 0.29) is 36.5 Å². The molecule has 6 nitrogen and oxygen atoms in total. The molecule has 0 bridgehead atoms. The Kier molecular flexibility index (Phi) is 11.9. The lowest BCUT2D eigenvalue weighted by Gasteiger charge is -2.06. The maximum atomic E-state index is 11.6. The lowest BCUT2D eigenvalue weighted by Crippen LogP contribution is -2.05. The minimum absolute atomic E-state index is 0.0436. The van der Waals surface area contributed by atoms with E-state index in [0.717, 1.165) is 22.3 Å². The van der Waals surface area contributed by atoms with Crippen molar-refractivity contribution in [2.45, 2.75) is 38.9 Å². The van der Waals surface area contributed by atoms with Crippen LogP contribution in [0.15, 0.2) is 103 Å². The molecule has 0 fully saturated rings. The van der Waals surface area contributed by atoms with Gasteiger partial charge in [-0.1, -0.05) is 90.5 Å². The number of halogens is 1. The van der Waals surface area contributed by atoms with Crippen LogP contribution in [0.5, 0.6) is 11.5 Å². The Morgan fingerprint density at radius 1 is 0.590 bits per heavy atom. The van der Waals surface area contributed by atoms with E-state index in [1.807, 2.05) is 60.7 Å². The summed E-state index contributed by atoms with van der Waals surface area (Å²) in [6.07, 6.45) is 1.78. The van der Waals surface area contributed by atoms with Crippen LogP contribution >= 0.6 is 11.6 Å². The molecule has 4 rings (SSSR count). The van der Waals surface area contributed by atoms with Crippen molar-refractivity contribution < 1.29 is 29.3 Å². The van der Waals surface area contributed by atoms with Gasteiger partial charge in [0.15, 0.2) is 0 Å². The molecule has 0 aliphatic carbocycles. The molecule has 0 radical (unpaired) electrons. The number of esters is 2. The second-order valence-corrected chi connectivity index (χ2v) is 9.15. The zero-order valence-corrected chi connectivity index (χ0v) is 22.2. The van der Waals surface area contributed by atoms with Crippen LogP contribution in [0.1, 0.15) is 35.1 Å². The molecular formula is C32H31ClO6. The van der Waals surface area contributed by atoms with Crippen molar-refractivity contribution in [3.05, 3.63) is 130 Å². The van der Waals surface area contributed by atoms with Gasteiger partial charge < -0.3 is 19.7 Å². The minimum atomic E-state index is -0.252. The van der Waals surface area contributed by atoms with Crippen LogP contribution in [-0.2, 0) is 45.1 Å². The third-order valence-corrected chi connectivity index (χ3v) is 5.97. The smallest absolute Gasteiger partial charge is 0.306 e. The van der Waals surface area contributed by atoms with Crippen molar-refractivity contribution >= 4 is 23.5 Å². The first-order valence-electron chi connectivity index (χ1n) is 12.5. The summed E-state index contributed by atoms with van der Waals surface area (Å²) < 4.78 is 10.4. The van der Waals surface area contributed by atoms with E-state index in [9.17, 15) is 14.7 Å². The van der Waals surface area contributed by atoms with Gasteiger partial charge in [-0.2, -0.15) is 0 Å². The highest BCUT2D eigenvalue weighted by Crippen LogP contribution is 2.24. The molecule has 0 aliphatic rings. The maximum Gasteiger partial charge on any atom is 0.306 e. The Labute approximate surface area is 233 Å². The number of hydrogen-bond donors (Lipinski definition) is 2. The first-order valence-corrected chi connectivity index (χ1v) is 12.9. The van der Waals surface area contributed by atoms with E-state index in [0.29, 0.717) is 30.9 Å². The number of carbonyl (C=O) groups excluding carboxylic acids is 2. The zero-order chi connectivity index (χ0) is 27.9. The van der Waals surface area contributed by atoms with Crippen molar-refractivity contribution in [1.82, 2.24) is 0 Å². The first-order chi connectivity index (χ1) is 18.9. The molecule has 0 saturated heterocycles. The number of phenolic OH excluding ortho intramolecular Hbond substituents is 2. The third kappa shape index (κ3) is 11.3. The molecule has 2 N–H and O–H groups in total. The van der Waals surface area contributed by atoms with Crippen LogP contribution in [0.2, 0.25) is 5.02 Å². The predicted octanol–water partition coefficient (Wildman–Crippen LogP) is 6.79. The van der Waals surface area contributed by atoms with E-state index < -0.39 is 0 Å². The van der Waals surface area contributed by atoms with Gasteiger partial charge in [-0.3, -0.25) is 9.59 Å². The van der Waals surface area contributed by atoms with Crippen molar-refractivity contribution in [2.75, 3.05) is 0 Å². The summed E-state index contributed by atoms with van der Waals surface area (Å²) in [6.45, 7) is 0.602. The first kappa shape index (κ1) is 29.3. The molecule has 0 atom stereocenters. The summed E-state index contributed by atoms with van der Waals surface area (Å²) in [5, 5.41) is 18.8. The van der Waals surface area contributed by atoms with Crippen molar-refractivity contribution in [2.24, 2.45) is 0 Å². The Morgan fingerprint density at radius 3 is 1.54 bits per heavy atom. The predicted molar refractivity (Wildman–Crippen MR) is 150 cm³/mol. The molecule has 0 unspecified atom stereocenters. The molecule has 0 heterocycles. The van der Waals surface area contributed by atoms with Gasteiger partial charge >= 0.3 is 11.9 Å². The number of hydrogen-bond acceptors (Lipinski definition) is 6. The number of aromatic hydroxyl groups is 2. The Balaban J connectivity index is 0.000000216. The lowest BCUT2D eigenvalue weighted by molar-refractivity contribution is -0.145. The fourth-order valence-electron chi connectivity index (χ4n) is 3.48. The fraction of sp³-hybridized carbons (Fsp3) is 0.188. The van der Waals surface area contributed by atoms with Gasteiger partial charge in [0.05, 0.1) is 5.02 Å². The van der Waals surface area contributed by atoms with Gasteiger partial charge in [0, 0.05) is 12.8 Å². The van der Waals surface area contributed by atoms with Gasteiger partial charge in [-0.05, 0) is 59.4 Å². The fourth-order valence-corrected chi connectivity index (χ4v) is 3.68. The summed E-state index contributed by atoms with van der Waals surface area (Å²) in [5.41, 5.74) is 3.85. The molecule has 0 aliphatic heterocycles. The van der Waals surface area contributed by atoms with Crippen LogP contribution in [0, 0.1) is 0 Å². The summed E-state index contributed by atoms with van der Waals surface area (Å²) in [6, 6.07) is 30.9. The highest BCUT2D eigenvalue weighted by Gasteiger charge is 2.07. The number of phenols is 2. The zero-order valence-electron chi connectivity index (χ0n) is 21.5. The Hall–Kier alpha value is -4.29. The normalized spacial score (nSPS) is 10.2. The molecule has 4 aromatic rings. The van der Waals surface area contributed by atoms with Gasteiger partial charge in [-0.15, -0.1) is 0 Å². The highest BCUT2D eigenvalue weighted by atomic mass is 35.5. The summed E-state index contributed by atoms with van der Waals surface area (Å²) in [7, 11) is 0. The average Bonchev–Trinajstić information content (AvgIpc) is 2.97. The largest absolute Gasteiger partial charge is 0.508 e. The molecule has 7 heteroatoms. The second kappa shape index (κ2) is 15.8. The number of rotatable bonds is 10. The van der Waals surface area contributed by atoms with Gasteiger partial charge in [0.2, 0.25) is 0 Å². The summed E-state index contributed by atoms with van der Waals surface area (Å²) >= 11 is 5.80. The van der Waals surface area contributed by atoms with Crippen LogP contribution in [-0.4, -0.2) is 22.2 Å². The van der Waals surface area contributed by atoms with E-state index in [1.165, 1.54) is 6.07 Å². The van der Waals surface area contributed by atoms with Crippen molar-refractivity contribution in [3.8, 4) is 11.5 Å². The average molecular weight is 547 g/mol. The summed E-state index contributed by atoms with van der Waals surface area (Å²) in [4.78, 5) is 23.2. The van der Waals surface area contributed by atoms with Gasteiger partial charge in [-0.25, -0.2) is 0 Å². The van der Waals surface area contributed by atoms with E-state index >= 15 is 0 Å². The minimum Gasteiger partial charge on any atom is -0.508 e. The topological polar surface area (TPSA) is 93.1 Å². The molecular weight excluding hydrogens is 516 g/mol. The number of ether oxygens (including phenoxy) is 2. The summed E-state index contributed by atoms with van der Waals surface area (Å²) in [5.74, 6) is -0.188. The third-order valence-electron chi connectivity index (χ3n) is 5.67. The standard InChI is InChI=1S/C16H15ClO3.C16H16O3/c17-14-10-12(6-8-15(14)18)7-9-16(19)20-11-13-4-2-1-3-5-13;17-15-9-6-13(7-10-15)8-11-16(18)19-12-14-4-2-1-3-5-14/h1-6,8,10,18H,7,9,11H2;1-7,9-10,17H,8,11-12H2. The quantitative estimate of drug-likeness (QED) is 0.213. The van der Waals surface area contributed by atoms with Crippen molar-refractivity contribution in [1.29, 1.82) is 0 Å². The molecule has 4 aromatic carbocycles. The second-order valence-electron chi connectivity index (χ2n) is 8.74. The molecule has 0 amide bonds. The van der Waals surface area contributed by atoms with Crippen LogP contribution in [0.3, 0.4) is 0 Å². The van der Waals surface area contributed by atoms with E-state index in [4.69, 9.17) is 26.2 Å². The highest BCUT2D eigenvalue weighted by molar-refractivity contribution is 6.32. The number of carbonyl (C=O) groups is 2. The Morgan fingerprint density at radius 2 is 1.05 bits per heavy atom. The van der Waals surface area contributed by atoms with Crippen LogP contribution < -0.4 is 0 Å². The molecule has 202 valence electrons. The number of benzene rings is 4. The van der Waals surface area contributed by atoms with Gasteiger partial charge in [0.25, 0.3) is 0 Å². The molecule has 39 heavy (non-hydrogen) atoms. The van der Waals surface area contributed by atoms with E-state index in [2.05, 4.69) is 0 Å². The SMILES string of the molecule is O=C(CCc1ccc(O)c(Cl)c1)OCc1ccccc1.O=C(CCc1ccc(O)cc1)OCc1ccccc1. The van der Waals surface area contributed by atoms with Crippen LogP contribution in [0.4, 0.5) is 0 Å². The molecule has 0 spiro atoms. The number of aryl methyl sites for hydroxylation is 2. The van der Waals surface area contributed by atoms with Gasteiger partial charge in [0.1, 0.15) is 24.7 Å². The molecule has 0 aromatic heterocycles. The van der Waals surface area contributed by atoms with Crippen LogP contribution in [0.25, 0.3) is 0 Å². The van der Waals surface area contributed by atoms with Crippen molar-refractivity contribution in [3.63, 3.8) is 0 Å². The molecule has 0 saturated carbocycles. The van der Waals surface area contributed by atoms with E-state index in [1.54, 1.807) is 36.4 Å². The lowest BCUT2D eigenvalue weighted by atomic mass is 10.1.